The summed E-state index contributed by atoms with van der Waals surface area (Å²) in [7, 11) is 0. The van der Waals surface area contributed by atoms with Crippen molar-refractivity contribution in [1.29, 1.82) is 0 Å². The molecule has 23 heavy (non-hydrogen) atoms. The van der Waals surface area contributed by atoms with Gasteiger partial charge in [-0.3, -0.25) is 0 Å². The molecule has 124 valence electrons. The third-order valence-electron chi connectivity index (χ3n) is 3.94. The van der Waals surface area contributed by atoms with Gasteiger partial charge in [-0.15, -0.1) is 23.1 Å². The van der Waals surface area contributed by atoms with Crippen molar-refractivity contribution in [2.24, 2.45) is 0 Å². The maximum Gasteiger partial charge on any atom is 0.248 e. The van der Waals surface area contributed by atoms with E-state index in [0.717, 1.165) is 27.1 Å². The van der Waals surface area contributed by atoms with Gasteiger partial charge < -0.3 is 5.32 Å². The van der Waals surface area contributed by atoms with Gasteiger partial charge in [0.05, 0.1) is 0 Å². The summed E-state index contributed by atoms with van der Waals surface area (Å²) in [6.45, 7) is 1.96. The van der Waals surface area contributed by atoms with Crippen molar-refractivity contribution in [1.82, 2.24) is 9.97 Å². The Kier molecular flexibility index (Phi) is 4.87. The van der Waals surface area contributed by atoms with Crippen LogP contribution in [0.25, 0.3) is 10.7 Å². The average Bonchev–Trinajstić information content (AvgIpc) is 2.96. The number of thioether (sulfide) groups is 1. The van der Waals surface area contributed by atoms with Crippen molar-refractivity contribution < 1.29 is 8.78 Å². The predicted molar refractivity (Wildman–Crippen MR) is 92.7 cm³/mol. The van der Waals surface area contributed by atoms with E-state index in [0.29, 0.717) is 12.8 Å². The Labute approximate surface area is 142 Å². The lowest BCUT2D eigenvalue weighted by Crippen LogP contribution is -2.32. The van der Waals surface area contributed by atoms with Crippen LogP contribution in [-0.4, -0.2) is 28.2 Å². The summed E-state index contributed by atoms with van der Waals surface area (Å²) in [5.41, 5.74) is 1.81. The summed E-state index contributed by atoms with van der Waals surface area (Å²) >= 11 is 3.20. The number of rotatable bonds is 4. The van der Waals surface area contributed by atoms with E-state index in [1.54, 1.807) is 23.1 Å². The third kappa shape index (κ3) is 4.20. The van der Waals surface area contributed by atoms with Crippen LogP contribution in [-0.2, 0) is 0 Å². The Morgan fingerprint density at radius 1 is 1.26 bits per heavy atom. The van der Waals surface area contributed by atoms with E-state index in [4.69, 9.17) is 0 Å². The van der Waals surface area contributed by atoms with Crippen molar-refractivity contribution in [2.75, 3.05) is 11.6 Å². The molecule has 0 aromatic carbocycles. The molecule has 1 aliphatic carbocycles. The van der Waals surface area contributed by atoms with Crippen molar-refractivity contribution in [3.63, 3.8) is 0 Å². The molecular weight excluding hydrogens is 336 g/mol. The van der Waals surface area contributed by atoms with E-state index < -0.39 is 5.92 Å². The molecule has 2 heterocycles. The van der Waals surface area contributed by atoms with Crippen LogP contribution in [0.3, 0.4) is 0 Å². The minimum atomic E-state index is -2.50. The van der Waals surface area contributed by atoms with Crippen LogP contribution >= 0.6 is 23.1 Å². The molecule has 0 aliphatic heterocycles. The first kappa shape index (κ1) is 16.6. The maximum atomic E-state index is 13.3. The van der Waals surface area contributed by atoms with Gasteiger partial charge in [0.25, 0.3) is 0 Å². The minimum Gasteiger partial charge on any atom is -0.367 e. The molecule has 0 atom stereocenters. The summed E-state index contributed by atoms with van der Waals surface area (Å²) in [6, 6.07) is 4.05. The number of halogens is 2. The molecule has 0 saturated heterocycles. The molecule has 3 nitrogen and oxygen atoms in total. The summed E-state index contributed by atoms with van der Waals surface area (Å²) in [4.78, 5) is 10.2. The number of pyridine rings is 1. The van der Waals surface area contributed by atoms with Crippen LogP contribution in [0.15, 0.2) is 22.4 Å². The number of hydrogen-bond donors (Lipinski definition) is 1. The van der Waals surface area contributed by atoms with Crippen LogP contribution in [0, 0.1) is 6.92 Å². The molecule has 1 N–H and O–H groups in total. The minimum absolute atomic E-state index is 0.0502. The van der Waals surface area contributed by atoms with Crippen LogP contribution in [0.4, 0.5) is 14.6 Å². The lowest BCUT2D eigenvalue weighted by atomic mass is 9.92. The van der Waals surface area contributed by atoms with E-state index in [9.17, 15) is 8.78 Å². The monoisotopic (exact) mass is 355 g/mol. The normalized spacial score (nSPS) is 18.1. The highest BCUT2D eigenvalue weighted by Gasteiger charge is 2.34. The zero-order valence-electron chi connectivity index (χ0n) is 13.1. The van der Waals surface area contributed by atoms with Gasteiger partial charge in [0.15, 0.2) is 0 Å². The van der Waals surface area contributed by atoms with Gasteiger partial charge in [0.1, 0.15) is 16.5 Å². The standard InChI is InChI=1S/C16H19F2N3S2/c1-10-9-23-15(19-10)13-7-12(22-2)8-14(21-13)20-11-3-5-16(17,18)6-4-11/h7-9,11H,3-6H2,1-2H3,(H,20,21). The second-order valence-electron chi connectivity index (χ2n) is 5.85. The molecule has 2 aromatic heterocycles. The number of thiazole rings is 1. The SMILES string of the molecule is CSc1cc(NC2CCC(F)(F)CC2)nc(-c2nc(C)cs2)c1. The highest BCUT2D eigenvalue weighted by atomic mass is 32.2. The lowest BCUT2D eigenvalue weighted by Gasteiger charge is -2.29. The zero-order chi connectivity index (χ0) is 16.4. The van der Waals surface area contributed by atoms with E-state index in [2.05, 4.69) is 15.3 Å². The van der Waals surface area contributed by atoms with Gasteiger partial charge in [-0.2, -0.15) is 0 Å². The van der Waals surface area contributed by atoms with E-state index in [1.165, 1.54) is 0 Å². The number of nitrogens with zero attached hydrogens (tertiary/aromatic N) is 2. The van der Waals surface area contributed by atoms with E-state index >= 15 is 0 Å². The first-order valence-electron chi connectivity index (χ1n) is 7.58. The molecule has 0 unspecified atom stereocenters. The first-order valence-corrected chi connectivity index (χ1v) is 9.68. The number of nitrogens with one attached hydrogen (secondary N) is 1. The third-order valence-corrected chi connectivity index (χ3v) is 5.63. The fourth-order valence-electron chi connectivity index (χ4n) is 2.67. The number of aromatic nitrogens is 2. The molecule has 1 fully saturated rings. The van der Waals surface area contributed by atoms with Crippen molar-refractivity contribution in [3.05, 3.63) is 23.2 Å². The Morgan fingerprint density at radius 2 is 2.00 bits per heavy atom. The predicted octanol–water partition coefficient (Wildman–Crippen LogP) is 5.23. The second kappa shape index (κ2) is 6.73. The van der Waals surface area contributed by atoms with Crippen LogP contribution in [0.5, 0.6) is 0 Å². The molecule has 0 amide bonds. The van der Waals surface area contributed by atoms with Gasteiger partial charge in [0.2, 0.25) is 5.92 Å². The molecule has 2 aromatic rings. The summed E-state index contributed by atoms with van der Waals surface area (Å²) in [5, 5.41) is 6.21. The van der Waals surface area contributed by atoms with E-state index in [-0.39, 0.29) is 18.9 Å². The number of alkyl halides is 2. The van der Waals surface area contributed by atoms with Gasteiger partial charge in [0, 0.05) is 34.9 Å². The van der Waals surface area contributed by atoms with Crippen LogP contribution < -0.4 is 5.32 Å². The zero-order valence-corrected chi connectivity index (χ0v) is 14.7. The Bertz CT molecular complexity index is 678. The number of anilines is 1. The molecule has 1 aliphatic rings. The topological polar surface area (TPSA) is 37.8 Å². The van der Waals surface area contributed by atoms with Gasteiger partial charge in [-0.1, -0.05) is 0 Å². The average molecular weight is 355 g/mol. The number of hydrogen-bond acceptors (Lipinski definition) is 5. The summed E-state index contributed by atoms with van der Waals surface area (Å²) in [5.74, 6) is -1.76. The van der Waals surface area contributed by atoms with E-state index in [1.807, 2.05) is 30.7 Å². The largest absolute Gasteiger partial charge is 0.367 e. The molecule has 0 spiro atoms. The molecule has 3 rings (SSSR count). The van der Waals surface area contributed by atoms with Gasteiger partial charge in [-0.05, 0) is 38.2 Å². The Hall–Kier alpha value is -1.21. The maximum absolute atomic E-state index is 13.3. The smallest absolute Gasteiger partial charge is 0.248 e. The molecule has 0 bridgehead atoms. The highest BCUT2D eigenvalue weighted by Crippen LogP contribution is 2.35. The van der Waals surface area contributed by atoms with Crippen LogP contribution in [0.2, 0.25) is 0 Å². The fourth-order valence-corrected chi connectivity index (χ4v) is 3.89. The van der Waals surface area contributed by atoms with Crippen molar-refractivity contribution in [2.45, 2.75) is 49.5 Å². The second-order valence-corrected chi connectivity index (χ2v) is 7.58. The number of aryl methyl sites for hydroxylation is 1. The first-order chi connectivity index (χ1) is 10.9. The quantitative estimate of drug-likeness (QED) is 0.763. The Balaban J connectivity index is 1.79. The van der Waals surface area contributed by atoms with Crippen molar-refractivity contribution in [3.8, 4) is 10.7 Å². The molecule has 1 saturated carbocycles. The summed E-state index contributed by atoms with van der Waals surface area (Å²) < 4.78 is 26.5. The highest BCUT2D eigenvalue weighted by molar-refractivity contribution is 7.98. The molecule has 0 radical (unpaired) electrons. The summed E-state index contributed by atoms with van der Waals surface area (Å²) in [6.07, 6.45) is 2.86. The molecule has 7 heteroatoms. The fraction of sp³-hybridized carbons (Fsp3) is 0.500. The van der Waals surface area contributed by atoms with Gasteiger partial charge in [-0.25, -0.2) is 18.7 Å². The lowest BCUT2D eigenvalue weighted by molar-refractivity contribution is -0.0361. The van der Waals surface area contributed by atoms with Gasteiger partial charge >= 0.3 is 0 Å². The molecular formula is C16H19F2N3S2. The Morgan fingerprint density at radius 3 is 2.61 bits per heavy atom. The van der Waals surface area contributed by atoms with Crippen LogP contribution in [0.1, 0.15) is 31.4 Å². The van der Waals surface area contributed by atoms with Crippen molar-refractivity contribution >= 4 is 28.9 Å².